The highest BCUT2D eigenvalue weighted by Crippen LogP contribution is 2.07. The molecule has 10 heteroatoms. The minimum absolute atomic E-state index is 0.0416. The number of hydrogen-bond acceptors (Lipinski definition) is 6. The van der Waals surface area contributed by atoms with Crippen LogP contribution in [0.5, 0.6) is 0 Å². The number of aromatic amines is 2. The average molecular weight is 385 g/mol. The van der Waals surface area contributed by atoms with Gasteiger partial charge in [0.15, 0.2) is 0 Å². The molecule has 2 heterocycles. The molecular weight excluding hydrogens is 366 g/mol. The Morgan fingerprint density at radius 1 is 1.29 bits per heavy atom. The Bertz CT molecular complexity index is 1100. The summed E-state index contributed by atoms with van der Waals surface area (Å²) < 4.78 is 6.05. The highest BCUT2D eigenvalue weighted by atomic mass is 16.5. The van der Waals surface area contributed by atoms with Gasteiger partial charge >= 0.3 is 11.7 Å². The number of aromatic nitrogens is 4. The van der Waals surface area contributed by atoms with E-state index in [1.807, 2.05) is 0 Å². The number of ether oxygens (including phenoxy) is 1. The van der Waals surface area contributed by atoms with Crippen LogP contribution in [-0.2, 0) is 27.3 Å². The van der Waals surface area contributed by atoms with Gasteiger partial charge in [-0.25, -0.2) is 14.6 Å². The molecule has 0 unspecified atom stereocenters. The number of methoxy groups -OCH3 is 1. The standard InChI is InChI=1S/C18H19N5O5/c1-28-17(26)13(8-11-9-19-10-20-11)21-15(24)6-7-23-14-5-3-2-4-12(14)16(25)22-18(23)27/h2-5,9-10,13H,6-8H2,1H3,(H,19,20)(H,21,24)(H,22,25,27)/t13-/m0/s1. The van der Waals surface area contributed by atoms with E-state index in [1.165, 1.54) is 18.0 Å². The van der Waals surface area contributed by atoms with Crippen LogP contribution in [0.4, 0.5) is 0 Å². The van der Waals surface area contributed by atoms with Crippen LogP contribution in [0.15, 0.2) is 46.4 Å². The summed E-state index contributed by atoms with van der Waals surface area (Å²) >= 11 is 0. The molecule has 0 radical (unpaired) electrons. The molecule has 3 rings (SSSR count). The normalized spacial score (nSPS) is 11.9. The molecule has 1 amide bonds. The summed E-state index contributed by atoms with van der Waals surface area (Å²) in [4.78, 5) is 57.3. The lowest BCUT2D eigenvalue weighted by Gasteiger charge is -2.16. The zero-order valence-corrected chi connectivity index (χ0v) is 15.1. The van der Waals surface area contributed by atoms with E-state index in [0.29, 0.717) is 16.6 Å². The van der Waals surface area contributed by atoms with Gasteiger partial charge in [0.2, 0.25) is 5.91 Å². The van der Waals surface area contributed by atoms with Gasteiger partial charge in [0.25, 0.3) is 5.56 Å². The van der Waals surface area contributed by atoms with Gasteiger partial charge in [0, 0.05) is 31.3 Å². The molecule has 0 saturated heterocycles. The van der Waals surface area contributed by atoms with Gasteiger partial charge in [-0.15, -0.1) is 0 Å². The van der Waals surface area contributed by atoms with E-state index in [2.05, 4.69) is 20.3 Å². The van der Waals surface area contributed by atoms with Gasteiger partial charge in [0.1, 0.15) is 6.04 Å². The number of H-pyrrole nitrogens is 2. The maximum atomic E-state index is 12.4. The number of para-hydroxylation sites is 1. The van der Waals surface area contributed by atoms with Crippen molar-refractivity contribution in [2.24, 2.45) is 0 Å². The largest absolute Gasteiger partial charge is 0.467 e. The number of benzene rings is 1. The molecular formula is C18H19N5O5. The van der Waals surface area contributed by atoms with Crippen LogP contribution in [0.25, 0.3) is 10.9 Å². The lowest BCUT2D eigenvalue weighted by Crippen LogP contribution is -2.43. The third kappa shape index (κ3) is 4.17. The molecule has 0 aliphatic heterocycles. The summed E-state index contributed by atoms with van der Waals surface area (Å²) in [5, 5.41) is 2.96. The van der Waals surface area contributed by atoms with E-state index >= 15 is 0 Å². The Morgan fingerprint density at radius 3 is 2.79 bits per heavy atom. The number of esters is 1. The second-order valence-electron chi connectivity index (χ2n) is 6.10. The van der Waals surface area contributed by atoms with Crippen molar-refractivity contribution in [2.45, 2.75) is 25.4 Å². The average Bonchev–Trinajstić information content (AvgIpc) is 3.20. The topological polar surface area (TPSA) is 139 Å². The van der Waals surface area contributed by atoms with E-state index < -0.39 is 29.2 Å². The van der Waals surface area contributed by atoms with Crippen LogP contribution in [0, 0.1) is 0 Å². The summed E-state index contributed by atoms with van der Waals surface area (Å²) in [5.41, 5.74) is 0.0228. The van der Waals surface area contributed by atoms with Crippen LogP contribution >= 0.6 is 0 Å². The number of carbonyl (C=O) groups excluding carboxylic acids is 2. The monoisotopic (exact) mass is 385 g/mol. The molecule has 0 fully saturated rings. The van der Waals surface area contributed by atoms with Gasteiger partial charge in [-0.2, -0.15) is 0 Å². The number of imidazole rings is 1. The van der Waals surface area contributed by atoms with E-state index in [0.717, 1.165) is 0 Å². The zero-order chi connectivity index (χ0) is 20.1. The van der Waals surface area contributed by atoms with E-state index in [9.17, 15) is 19.2 Å². The first-order valence-electron chi connectivity index (χ1n) is 8.56. The summed E-state index contributed by atoms with van der Waals surface area (Å²) in [5.74, 6) is -1.02. The summed E-state index contributed by atoms with van der Waals surface area (Å²) in [6, 6.07) is 5.74. The zero-order valence-electron chi connectivity index (χ0n) is 15.1. The number of carbonyl (C=O) groups is 2. The SMILES string of the molecule is COC(=O)[C@H](Cc1cnc[nH]1)NC(=O)CCn1c(=O)[nH]c(=O)c2ccccc21. The fourth-order valence-electron chi connectivity index (χ4n) is 2.90. The fraction of sp³-hybridized carbons (Fsp3) is 0.278. The third-order valence-corrected chi connectivity index (χ3v) is 4.27. The maximum absolute atomic E-state index is 12.4. The predicted octanol–water partition coefficient (Wildman–Crippen LogP) is -0.296. The number of nitrogens with zero attached hydrogens (tertiary/aromatic N) is 2. The Morgan fingerprint density at radius 2 is 2.07 bits per heavy atom. The van der Waals surface area contributed by atoms with E-state index in [-0.39, 0.29) is 19.4 Å². The van der Waals surface area contributed by atoms with Crippen molar-refractivity contribution in [1.82, 2.24) is 24.8 Å². The highest BCUT2D eigenvalue weighted by molar-refractivity contribution is 5.84. The van der Waals surface area contributed by atoms with Gasteiger partial charge in [0.05, 0.1) is 24.3 Å². The molecule has 1 atom stereocenters. The molecule has 0 spiro atoms. The summed E-state index contributed by atoms with van der Waals surface area (Å²) in [6.07, 6.45) is 3.15. The molecule has 146 valence electrons. The van der Waals surface area contributed by atoms with Crippen molar-refractivity contribution in [1.29, 1.82) is 0 Å². The second kappa shape index (κ2) is 8.33. The Balaban J connectivity index is 1.73. The fourth-order valence-corrected chi connectivity index (χ4v) is 2.90. The molecule has 2 aromatic heterocycles. The van der Waals surface area contributed by atoms with Crippen LogP contribution in [-0.4, -0.2) is 44.5 Å². The number of amides is 1. The summed E-state index contributed by atoms with van der Waals surface area (Å²) in [7, 11) is 1.24. The molecule has 0 aliphatic rings. The van der Waals surface area contributed by atoms with Gasteiger partial charge in [-0.1, -0.05) is 12.1 Å². The van der Waals surface area contributed by atoms with Crippen molar-refractivity contribution >= 4 is 22.8 Å². The van der Waals surface area contributed by atoms with Crippen LogP contribution in [0.1, 0.15) is 12.1 Å². The van der Waals surface area contributed by atoms with Crippen molar-refractivity contribution in [3.05, 3.63) is 63.3 Å². The minimum Gasteiger partial charge on any atom is -0.467 e. The second-order valence-corrected chi connectivity index (χ2v) is 6.10. The number of rotatable bonds is 7. The first-order chi connectivity index (χ1) is 13.5. The molecule has 3 aromatic rings. The number of hydrogen-bond donors (Lipinski definition) is 3. The number of nitrogens with one attached hydrogen (secondary N) is 3. The molecule has 0 aliphatic carbocycles. The van der Waals surface area contributed by atoms with Crippen LogP contribution in [0.2, 0.25) is 0 Å². The quantitative estimate of drug-likeness (QED) is 0.477. The number of aryl methyl sites for hydroxylation is 1. The van der Waals surface area contributed by atoms with Crippen molar-refractivity contribution in [3.8, 4) is 0 Å². The van der Waals surface area contributed by atoms with Gasteiger partial charge in [-0.05, 0) is 12.1 Å². The highest BCUT2D eigenvalue weighted by Gasteiger charge is 2.22. The molecule has 1 aromatic carbocycles. The molecule has 3 N–H and O–H groups in total. The van der Waals surface area contributed by atoms with Crippen molar-refractivity contribution in [2.75, 3.05) is 7.11 Å². The molecule has 10 nitrogen and oxygen atoms in total. The molecule has 0 bridgehead atoms. The lowest BCUT2D eigenvalue weighted by atomic mass is 10.1. The van der Waals surface area contributed by atoms with E-state index in [1.54, 1.807) is 30.5 Å². The van der Waals surface area contributed by atoms with Crippen molar-refractivity contribution < 1.29 is 14.3 Å². The predicted molar refractivity (Wildman–Crippen MR) is 99.7 cm³/mol. The smallest absolute Gasteiger partial charge is 0.328 e. The summed E-state index contributed by atoms with van der Waals surface area (Å²) in [6.45, 7) is 0.0416. The Labute approximate surface area is 158 Å². The van der Waals surface area contributed by atoms with Crippen LogP contribution < -0.4 is 16.6 Å². The maximum Gasteiger partial charge on any atom is 0.328 e. The first kappa shape index (κ1) is 19.1. The molecule has 0 saturated carbocycles. The molecule has 28 heavy (non-hydrogen) atoms. The van der Waals surface area contributed by atoms with E-state index in [4.69, 9.17) is 4.74 Å². The minimum atomic E-state index is -0.887. The lowest BCUT2D eigenvalue weighted by molar-refractivity contribution is -0.145. The van der Waals surface area contributed by atoms with Crippen molar-refractivity contribution in [3.63, 3.8) is 0 Å². The van der Waals surface area contributed by atoms with Crippen LogP contribution in [0.3, 0.4) is 0 Å². The van der Waals surface area contributed by atoms with Gasteiger partial charge < -0.3 is 15.0 Å². The Kier molecular flexibility index (Phi) is 5.68. The number of fused-ring (bicyclic) bond motifs is 1. The first-order valence-corrected chi connectivity index (χ1v) is 8.56. The Hall–Kier alpha value is -3.69. The van der Waals surface area contributed by atoms with Gasteiger partial charge in [-0.3, -0.25) is 19.1 Å². The third-order valence-electron chi connectivity index (χ3n) is 4.27.